The maximum Gasteiger partial charge on any atom is 0.234 e. The number of aromatic amines is 1. The summed E-state index contributed by atoms with van der Waals surface area (Å²) < 4.78 is 14.5. The average molecular weight is 375 g/mol. The van der Waals surface area contributed by atoms with Gasteiger partial charge in [0, 0.05) is 27.3 Å². The summed E-state index contributed by atoms with van der Waals surface area (Å²) in [4.78, 5) is 15.8. The number of aromatic nitrogens is 1. The molecule has 0 aliphatic heterocycles. The Bertz CT molecular complexity index is 868. The van der Waals surface area contributed by atoms with Gasteiger partial charge in [-0.2, -0.15) is 0 Å². The summed E-state index contributed by atoms with van der Waals surface area (Å²) in [6.45, 7) is 3.66. The Balaban J connectivity index is 1.94. The molecule has 1 heterocycles. The second-order valence-corrected chi connectivity index (χ2v) is 6.89. The molecule has 0 aliphatic rings. The highest BCUT2D eigenvalue weighted by atomic mass is 79.9. The molecule has 3 nitrogen and oxygen atoms in total. The highest BCUT2D eigenvalue weighted by molar-refractivity contribution is 9.10. The van der Waals surface area contributed by atoms with E-state index in [2.05, 4.69) is 26.2 Å². The number of amides is 1. The van der Waals surface area contributed by atoms with Crippen molar-refractivity contribution in [2.24, 2.45) is 0 Å². The zero-order valence-electron chi connectivity index (χ0n) is 12.8. The molecular weight excluding hydrogens is 359 g/mol. The number of carbonyl (C=O) groups excluding carboxylic acids is 1. The Morgan fingerprint density at radius 1 is 1.17 bits per heavy atom. The van der Waals surface area contributed by atoms with Gasteiger partial charge in [-0.3, -0.25) is 4.79 Å². The minimum atomic E-state index is -0.806. The van der Waals surface area contributed by atoms with Crippen LogP contribution in [0.1, 0.15) is 19.4 Å². The van der Waals surface area contributed by atoms with Crippen LogP contribution >= 0.6 is 15.9 Å². The van der Waals surface area contributed by atoms with Crippen molar-refractivity contribution < 1.29 is 9.18 Å². The summed E-state index contributed by atoms with van der Waals surface area (Å²) in [5, 5.41) is 3.63. The molecular formula is C18H16BrFN2O. The molecule has 1 amide bonds. The van der Waals surface area contributed by atoms with Crippen LogP contribution in [0.3, 0.4) is 0 Å². The number of fused-ring (bicyclic) bond motifs is 1. The highest BCUT2D eigenvalue weighted by Gasteiger charge is 2.32. The number of halogens is 2. The smallest absolute Gasteiger partial charge is 0.234 e. The van der Waals surface area contributed by atoms with Gasteiger partial charge < -0.3 is 10.3 Å². The largest absolute Gasteiger partial charge is 0.361 e. The van der Waals surface area contributed by atoms with Gasteiger partial charge in [-0.15, -0.1) is 0 Å². The van der Waals surface area contributed by atoms with Gasteiger partial charge in [0.05, 0.1) is 5.41 Å². The number of nitrogens with one attached hydrogen (secondary N) is 2. The van der Waals surface area contributed by atoms with Crippen LogP contribution in [-0.2, 0) is 10.2 Å². The van der Waals surface area contributed by atoms with Crippen molar-refractivity contribution in [2.45, 2.75) is 19.3 Å². The number of hydrogen-bond donors (Lipinski definition) is 2. The van der Waals surface area contributed by atoms with E-state index in [0.717, 1.165) is 26.6 Å². The van der Waals surface area contributed by atoms with Gasteiger partial charge >= 0.3 is 0 Å². The number of hydrogen-bond acceptors (Lipinski definition) is 1. The van der Waals surface area contributed by atoms with Crippen molar-refractivity contribution >= 4 is 38.4 Å². The van der Waals surface area contributed by atoms with Crippen molar-refractivity contribution in [1.82, 2.24) is 4.98 Å². The van der Waals surface area contributed by atoms with E-state index in [9.17, 15) is 9.18 Å². The van der Waals surface area contributed by atoms with Crippen LogP contribution in [0, 0.1) is 5.82 Å². The number of rotatable bonds is 3. The molecule has 0 saturated carbocycles. The minimum Gasteiger partial charge on any atom is -0.361 e. The first-order valence-electron chi connectivity index (χ1n) is 7.22. The highest BCUT2D eigenvalue weighted by Crippen LogP contribution is 2.32. The SMILES string of the molecule is CC(C)(C(=O)Nc1ccc(Br)cc1)c1c[nH]c2ccc(F)cc12. The van der Waals surface area contributed by atoms with E-state index in [1.165, 1.54) is 12.1 Å². The molecule has 0 spiro atoms. The van der Waals surface area contributed by atoms with Gasteiger partial charge in [0.15, 0.2) is 0 Å². The molecule has 0 radical (unpaired) electrons. The van der Waals surface area contributed by atoms with E-state index < -0.39 is 5.41 Å². The maximum atomic E-state index is 13.5. The Morgan fingerprint density at radius 2 is 1.87 bits per heavy atom. The second kappa shape index (κ2) is 5.81. The summed E-state index contributed by atoms with van der Waals surface area (Å²) in [6.07, 6.45) is 1.77. The lowest BCUT2D eigenvalue weighted by atomic mass is 9.83. The maximum absolute atomic E-state index is 13.5. The molecule has 0 fully saturated rings. The molecule has 3 rings (SSSR count). The standard InChI is InChI=1S/C18H16BrFN2O/c1-18(2,17(23)22-13-6-3-11(19)4-7-13)15-10-21-16-8-5-12(20)9-14(15)16/h3-10,21H,1-2H3,(H,22,23). The van der Waals surface area contributed by atoms with Gasteiger partial charge in [-0.1, -0.05) is 15.9 Å². The van der Waals surface area contributed by atoms with E-state index in [4.69, 9.17) is 0 Å². The summed E-state index contributed by atoms with van der Waals surface area (Å²) >= 11 is 3.36. The summed E-state index contributed by atoms with van der Waals surface area (Å²) in [6, 6.07) is 11.9. The molecule has 2 N–H and O–H groups in total. The summed E-state index contributed by atoms with van der Waals surface area (Å²) in [5.41, 5.74) is 1.49. The fourth-order valence-electron chi connectivity index (χ4n) is 2.55. The lowest BCUT2D eigenvalue weighted by Crippen LogP contribution is -2.34. The van der Waals surface area contributed by atoms with Crippen LogP contribution in [0.5, 0.6) is 0 Å². The predicted molar refractivity (Wildman–Crippen MR) is 94.1 cm³/mol. The van der Waals surface area contributed by atoms with Gasteiger partial charge in [-0.05, 0) is 61.9 Å². The molecule has 1 aromatic heterocycles. The first kappa shape index (κ1) is 15.7. The van der Waals surface area contributed by atoms with Crippen LogP contribution in [0.25, 0.3) is 10.9 Å². The molecule has 3 aromatic rings. The molecule has 2 aromatic carbocycles. The fraction of sp³-hybridized carbons (Fsp3) is 0.167. The van der Waals surface area contributed by atoms with Crippen molar-refractivity contribution in [1.29, 1.82) is 0 Å². The van der Waals surface area contributed by atoms with Crippen LogP contribution in [0.4, 0.5) is 10.1 Å². The van der Waals surface area contributed by atoms with Crippen LogP contribution < -0.4 is 5.32 Å². The van der Waals surface area contributed by atoms with Crippen LogP contribution in [-0.4, -0.2) is 10.9 Å². The van der Waals surface area contributed by atoms with Crippen molar-refractivity contribution in [3.05, 3.63) is 64.5 Å². The lowest BCUT2D eigenvalue weighted by molar-refractivity contribution is -0.120. The topological polar surface area (TPSA) is 44.9 Å². The monoisotopic (exact) mass is 374 g/mol. The molecule has 0 unspecified atom stereocenters. The van der Waals surface area contributed by atoms with E-state index >= 15 is 0 Å². The van der Waals surface area contributed by atoms with Crippen molar-refractivity contribution in [3.63, 3.8) is 0 Å². The third-order valence-electron chi connectivity index (χ3n) is 3.99. The van der Waals surface area contributed by atoms with E-state index in [0.29, 0.717) is 0 Å². The first-order chi connectivity index (χ1) is 10.9. The molecule has 23 heavy (non-hydrogen) atoms. The normalized spacial score (nSPS) is 11.7. The number of benzene rings is 2. The van der Waals surface area contributed by atoms with Crippen LogP contribution in [0.2, 0.25) is 0 Å². The molecule has 0 aliphatic carbocycles. The van der Waals surface area contributed by atoms with E-state index in [1.54, 1.807) is 12.3 Å². The molecule has 0 bridgehead atoms. The molecule has 0 atom stereocenters. The van der Waals surface area contributed by atoms with Crippen LogP contribution in [0.15, 0.2) is 53.1 Å². The van der Waals surface area contributed by atoms with E-state index in [-0.39, 0.29) is 11.7 Å². The number of H-pyrrole nitrogens is 1. The van der Waals surface area contributed by atoms with E-state index in [1.807, 2.05) is 38.1 Å². The summed E-state index contributed by atoms with van der Waals surface area (Å²) in [5.74, 6) is -0.465. The third-order valence-corrected chi connectivity index (χ3v) is 4.52. The lowest BCUT2D eigenvalue weighted by Gasteiger charge is -2.23. The average Bonchev–Trinajstić information content (AvgIpc) is 2.93. The fourth-order valence-corrected chi connectivity index (χ4v) is 2.82. The predicted octanol–water partition coefficient (Wildman–Crippen LogP) is 4.99. The van der Waals surface area contributed by atoms with Gasteiger partial charge in [0.2, 0.25) is 5.91 Å². The Morgan fingerprint density at radius 3 is 2.57 bits per heavy atom. The Labute approximate surface area is 142 Å². The minimum absolute atomic E-state index is 0.148. The zero-order valence-corrected chi connectivity index (χ0v) is 14.4. The summed E-state index contributed by atoms with van der Waals surface area (Å²) in [7, 11) is 0. The van der Waals surface area contributed by atoms with Gasteiger partial charge in [0.1, 0.15) is 5.82 Å². The Kier molecular flexibility index (Phi) is 3.98. The Hall–Kier alpha value is -2.14. The molecule has 118 valence electrons. The molecule has 5 heteroatoms. The number of carbonyl (C=O) groups is 1. The molecule has 0 saturated heterocycles. The van der Waals surface area contributed by atoms with Crippen molar-refractivity contribution in [3.8, 4) is 0 Å². The zero-order chi connectivity index (χ0) is 16.6. The van der Waals surface area contributed by atoms with Gasteiger partial charge in [-0.25, -0.2) is 4.39 Å². The second-order valence-electron chi connectivity index (χ2n) is 5.98. The first-order valence-corrected chi connectivity index (χ1v) is 8.01. The third kappa shape index (κ3) is 3.01. The van der Waals surface area contributed by atoms with Crippen molar-refractivity contribution in [2.75, 3.05) is 5.32 Å². The quantitative estimate of drug-likeness (QED) is 0.666. The van der Waals surface area contributed by atoms with Gasteiger partial charge in [0.25, 0.3) is 0 Å². The number of anilines is 1.